The fourth-order valence-corrected chi connectivity index (χ4v) is 2.54. The fraction of sp³-hybridized carbons (Fsp3) is 0.400. The maximum absolute atomic E-state index is 12.6. The molecule has 1 N–H and O–H groups in total. The average molecular weight is 292 g/mol. The van der Waals surface area contributed by atoms with Crippen molar-refractivity contribution in [3.63, 3.8) is 0 Å². The molecule has 0 atom stereocenters. The van der Waals surface area contributed by atoms with Crippen molar-refractivity contribution in [2.75, 3.05) is 0 Å². The Morgan fingerprint density at radius 3 is 2.22 bits per heavy atom. The van der Waals surface area contributed by atoms with E-state index < -0.39 is 26.8 Å². The van der Waals surface area contributed by atoms with E-state index in [1.807, 2.05) is 0 Å². The van der Waals surface area contributed by atoms with Gasteiger partial charge in [-0.25, -0.2) is 0 Å². The van der Waals surface area contributed by atoms with E-state index >= 15 is 0 Å². The van der Waals surface area contributed by atoms with Crippen molar-refractivity contribution in [2.24, 2.45) is 0 Å². The Kier molecular flexibility index (Phi) is 6.35. The van der Waals surface area contributed by atoms with Crippen molar-refractivity contribution in [3.05, 3.63) is 29.3 Å². The minimum atomic E-state index is -4.89. The first-order valence-electron chi connectivity index (χ1n) is 4.84. The van der Waals surface area contributed by atoms with Gasteiger partial charge in [0.1, 0.15) is 4.90 Å². The predicted octanol–water partition coefficient (Wildman–Crippen LogP) is 2.26. The molecule has 1 aromatic carbocycles. The molecule has 0 radical (unpaired) electrons. The molecule has 0 aromatic heterocycles. The van der Waals surface area contributed by atoms with E-state index in [0.717, 1.165) is 6.07 Å². The fourth-order valence-electron chi connectivity index (χ4n) is 1.58. The van der Waals surface area contributed by atoms with E-state index in [2.05, 4.69) is 0 Å². The van der Waals surface area contributed by atoms with Gasteiger partial charge in [0.2, 0.25) is 0 Å². The zero-order valence-electron chi connectivity index (χ0n) is 8.95. The molecule has 98 valence electrons. The SMILES string of the molecule is CCCc1cccc(C(F)(F)F)c1S(=O)(=O)O.[NaH]. The summed E-state index contributed by atoms with van der Waals surface area (Å²) in [6, 6.07) is 3.03. The monoisotopic (exact) mass is 292 g/mol. The van der Waals surface area contributed by atoms with Crippen molar-refractivity contribution in [1.29, 1.82) is 0 Å². The Balaban J connectivity index is 0.00000289. The van der Waals surface area contributed by atoms with Crippen LogP contribution < -0.4 is 0 Å². The third-order valence-electron chi connectivity index (χ3n) is 2.18. The van der Waals surface area contributed by atoms with E-state index in [9.17, 15) is 21.6 Å². The molecule has 0 amide bonds. The molecule has 0 aliphatic carbocycles. The van der Waals surface area contributed by atoms with Crippen molar-refractivity contribution >= 4 is 39.7 Å². The van der Waals surface area contributed by atoms with Crippen LogP contribution in [0, 0.1) is 0 Å². The molecule has 0 bridgehead atoms. The Morgan fingerprint density at radius 2 is 1.83 bits per heavy atom. The quantitative estimate of drug-likeness (QED) is 0.687. The van der Waals surface area contributed by atoms with Gasteiger partial charge in [0.25, 0.3) is 10.1 Å². The van der Waals surface area contributed by atoms with Crippen LogP contribution in [0.5, 0.6) is 0 Å². The number of benzene rings is 1. The van der Waals surface area contributed by atoms with E-state index in [0.29, 0.717) is 12.5 Å². The molecule has 0 heterocycles. The molecule has 0 aliphatic rings. The third kappa shape index (κ3) is 4.24. The normalized spacial score (nSPS) is 12.1. The summed E-state index contributed by atoms with van der Waals surface area (Å²) in [5.41, 5.74) is -1.35. The Hall–Kier alpha value is -0.0800. The number of hydrogen-bond donors (Lipinski definition) is 1. The summed E-state index contributed by atoms with van der Waals surface area (Å²) < 4.78 is 68.9. The first-order valence-corrected chi connectivity index (χ1v) is 6.28. The molecule has 0 fully saturated rings. The summed E-state index contributed by atoms with van der Waals surface area (Å²) in [7, 11) is -4.89. The Labute approximate surface area is 125 Å². The zero-order chi connectivity index (χ0) is 13.3. The molecular formula is C10H12F3NaO3S. The van der Waals surface area contributed by atoms with Gasteiger partial charge in [-0.2, -0.15) is 21.6 Å². The number of alkyl halides is 3. The topological polar surface area (TPSA) is 54.4 Å². The van der Waals surface area contributed by atoms with Crippen LogP contribution in [0.15, 0.2) is 23.1 Å². The second kappa shape index (κ2) is 6.38. The summed E-state index contributed by atoms with van der Waals surface area (Å²) >= 11 is 0. The number of hydrogen-bond acceptors (Lipinski definition) is 2. The molecule has 0 saturated heterocycles. The van der Waals surface area contributed by atoms with Gasteiger partial charge in [0, 0.05) is 0 Å². The van der Waals surface area contributed by atoms with Crippen LogP contribution in [-0.2, 0) is 22.7 Å². The van der Waals surface area contributed by atoms with E-state index in [-0.39, 0.29) is 41.5 Å². The van der Waals surface area contributed by atoms with Crippen molar-refractivity contribution in [2.45, 2.75) is 30.8 Å². The zero-order valence-corrected chi connectivity index (χ0v) is 9.77. The average Bonchev–Trinajstić information content (AvgIpc) is 2.14. The molecule has 0 saturated carbocycles. The van der Waals surface area contributed by atoms with E-state index in [1.54, 1.807) is 6.92 Å². The van der Waals surface area contributed by atoms with Crippen LogP contribution in [0.3, 0.4) is 0 Å². The van der Waals surface area contributed by atoms with Crippen LogP contribution in [-0.4, -0.2) is 42.5 Å². The van der Waals surface area contributed by atoms with E-state index in [4.69, 9.17) is 4.55 Å². The van der Waals surface area contributed by atoms with Crippen LogP contribution in [0.2, 0.25) is 0 Å². The summed E-state index contributed by atoms with van der Waals surface area (Å²) in [5.74, 6) is 0. The van der Waals surface area contributed by atoms with Gasteiger partial charge < -0.3 is 0 Å². The predicted molar refractivity (Wildman–Crippen MR) is 62.4 cm³/mol. The Morgan fingerprint density at radius 1 is 1.28 bits per heavy atom. The first-order chi connectivity index (χ1) is 7.68. The van der Waals surface area contributed by atoms with Crippen molar-refractivity contribution in [3.8, 4) is 0 Å². The molecule has 1 rings (SSSR count). The van der Waals surface area contributed by atoms with Gasteiger partial charge in [-0.1, -0.05) is 25.5 Å². The van der Waals surface area contributed by atoms with Crippen molar-refractivity contribution in [1.82, 2.24) is 0 Å². The summed E-state index contributed by atoms with van der Waals surface area (Å²) in [6.45, 7) is 1.70. The molecule has 1 aromatic rings. The molecule has 0 spiro atoms. The molecule has 18 heavy (non-hydrogen) atoms. The second-order valence-electron chi connectivity index (χ2n) is 3.52. The van der Waals surface area contributed by atoms with Gasteiger partial charge in [0.05, 0.1) is 5.56 Å². The van der Waals surface area contributed by atoms with Gasteiger partial charge in [-0.05, 0) is 18.1 Å². The molecule has 0 unspecified atom stereocenters. The van der Waals surface area contributed by atoms with Gasteiger partial charge in [-0.15, -0.1) is 0 Å². The number of aryl methyl sites for hydroxylation is 1. The molecule has 8 heteroatoms. The standard InChI is InChI=1S/C10H11F3O3S.Na.H/c1-2-4-7-5-3-6-8(10(11,12)13)9(7)17(14,15)16;;/h3,5-6H,2,4H2,1H3,(H,14,15,16);;. The maximum atomic E-state index is 12.6. The number of halogens is 3. The molecular weight excluding hydrogens is 280 g/mol. The van der Waals surface area contributed by atoms with E-state index in [1.165, 1.54) is 6.07 Å². The number of rotatable bonds is 3. The molecule has 3 nitrogen and oxygen atoms in total. The minimum absolute atomic E-state index is 0. The first kappa shape index (κ1) is 17.9. The van der Waals surface area contributed by atoms with Crippen LogP contribution in [0.25, 0.3) is 0 Å². The van der Waals surface area contributed by atoms with Gasteiger partial charge in [-0.3, -0.25) is 4.55 Å². The molecule has 0 aliphatic heterocycles. The van der Waals surface area contributed by atoms with Crippen LogP contribution in [0.4, 0.5) is 13.2 Å². The van der Waals surface area contributed by atoms with Gasteiger partial charge >= 0.3 is 35.7 Å². The Bertz CT molecular complexity index is 512. The van der Waals surface area contributed by atoms with Crippen LogP contribution >= 0.6 is 0 Å². The second-order valence-corrected chi connectivity index (χ2v) is 4.88. The van der Waals surface area contributed by atoms with Gasteiger partial charge in [0.15, 0.2) is 0 Å². The summed E-state index contributed by atoms with van der Waals surface area (Å²) in [4.78, 5) is -1.03. The van der Waals surface area contributed by atoms with Crippen molar-refractivity contribution < 1.29 is 26.1 Å². The summed E-state index contributed by atoms with van der Waals surface area (Å²) in [5, 5.41) is 0. The summed E-state index contributed by atoms with van der Waals surface area (Å²) in [6.07, 6.45) is -4.18. The third-order valence-corrected chi connectivity index (χ3v) is 3.18. The van der Waals surface area contributed by atoms with Crippen LogP contribution in [0.1, 0.15) is 24.5 Å².